The predicted octanol–water partition coefficient (Wildman–Crippen LogP) is 17.1. The fraction of sp³-hybridized carbons (Fsp3) is 0.943. The molecule has 1 unspecified atom stereocenters. The molecular formula is C53H102O6. The van der Waals surface area contributed by atoms with Crippen molar-refractivity contribution < 1.29 is 28.6 Å². The van der Waals surface area contributed by atoms with Gasteiger partial charge in [-0.3, -0.25) is 14.4 Å². The highest BCUT2D eigenvalue weighted by atomic mass is 16.6. The van der Waals surface area contributed by atoms with Gasteiger partial charge in [-0.2, -0.15) is 0 Å². The molecule has 0 aromatic rings. The van der Waals surface area contributed by atoms with Gasteiger partial charge in [-0.25, -0.2) is 0 Å². The molecule has 0 heterocycles. The number of carbonyl (C=O) groups excluding carboxylic acids is 3. The van der Waals surface area contributed by atoms with Crippen LogP contribution in [-0.2, 0) is 28.6 Å². The van der Waals surface area contributed by atoms with Gasteiger partial charge in [-0.05, 0) is 25.2 Å². The minimum atomic E-state index is -0.760. The maximum absolute atomic E-state index is 12.8. The van der Waals surface area contributed by atoms with Crippen molar-refractivity contribution in [3.05, 3.63) is 0 Å². The lowest BCUT2D eigenvalue weighted by atomic mass is 9.99. The van der Waals surface area contributed by atoms with E-state index in [9.17, 15) is 14.4 Å². The average Bonchev–Trinajstić information content (AvgIpc) is 3.23. The van der Waals surface area contributed by atoms with Crippen molar-refractivity contribution in [2.24, 2.45) is 5.92 Å². The van der Waals surface area contributed by atoms with Crippen LogP contribution in [0.15, 0.2) is 0 Å². The summed E-state index contributed by atoms with van der Waals surface area (Å²) in [5.41, 5.74) is 0. The third-order valence-electron chi connectivity index (χ3n) is 12.4. The molecule has 0 bridgehead atoms. The van der Waals surface area contributed by atoms with Gasteiger partial charge in [0.25, 0.3) is 0 Å². The van der Waals surface area contributed by atoms with Crippen LogP contribution in [0.5, 0.6) is 0 Å². The van der Waals surface area contributed by atoms with Gasteiger partial charge in [0, 0.05) is 19.3 Å². The quantitative estimate of drug-likeness (QED) is 0.0345. The second-order valence-electron chi connectivity index (χ2n) is 18.4. The van der Waals surface area contributed by atoms with E-state index in [1.165, 1.54) is 193 Å². The normalized spacial score (nSPS) is 12.4. The Labute approximate surface area is 368 Å². The van der Waals surface area contributed by atoms with Gasteiger partial charge in [-0.15, -0.1) is 0 Å². The molecule has 0 fully saturated rings. The molecule has 0 saturated carbocycles. The lowest BCUT2D eigenvalue weighted by Crippen LogP contribution is -2.30. The molecule has 59 heavy (non-hydrogen) atoms. The third-order valence-corrected chi connectivity index (χ3v) is 12.4. The maximum atomic E-state index is 12.8. The molecule has 0 radical (unpaired) electrons. The number of carbonyl (C=O) groups is 3. The van der Waals surface area contributed by atoms with Crippen LogP contribution in [0.2, 0.25) is 0 Å². The Morgan fingerprint density at radius 1 is 0.339 bits per heavy atom. The molecule has 0 saturated heterocycles. The van der Waals surface area contributed by atoms with Gasteiger partial charge in [0.05, 0.1) is 0 Å². The van der Waals surface area contributed by atoms with Crippen LogP contribution < -0.4 is 0 Å². The average molecular weight is 835 g/mol. The summed E-state index contributed by atoms with van der Waals surface area (Å²) in [4.78, 5) is 37.9. The van der Waals surface area contributed by atoms with Crippen molar-refractivity contribution in [2.45, 2.75) is 303 Å². The van der Waals surface area contributed by atoms with E-state index in [1.54, 1.807) is 0 Å². The third kappa shape index (κ3) is 45.8. The number of ether oxygens (including phenoxy) is 3. The van der Waals surface area contributed by atoms with Crippen molar-refractivity contribution in [1.82, 2.24) is 0 Å². The molecule has 6 nitrogen and oxygen atoms in total. The Morgan fingerprint density at radius 2 is 0.593 bits per heavy atom. The van der Waals surface area contributed by atoms with Gasteiger partial charge in [-0.1, -0.05) is 259 Å². The molecule has 0 spiro atoms. The Bertz CT molecular complexity index is 889. The molecule has 0 N–H and O–H groups in total. The molecule has 0 aliphatic carbocycles. The molecule has 0 rings (SSSR count). The molecule has 350 valence electrons. The highest BCUT2D eigenvalue weighted by Gasteiger charge is 2.19. The van der Waals surface area contributed by atoms with Crippen molar-refractivity contribution in [1.29, 1.82) is 0 Å². The van der Waals surface area contributed by atoms with Crippen LogP contribution in [0, 0.1) is 5.92 Å². The van der Waals surface area contributed by atoms with E-state index in [1.807, 2.05) is 0 Å². The van der Waals surface area contributed by atoms with Crippen LogP contribution in [0.4, 0.5) is 0 Å². The van der Waals surface area contributed by atoms with E-state index in [0.29, 0.717) is 19.3 Å². The summed E-state index contributed by atoms with van der Waals surface area (Å²) < 4.78 is 16.8. The highest BCUT2D eigenvalue weighted by Crippen LogP contribution is 2.18. The number of rotatable bonds is 48. The summed E-state index contributed by atoms with van der Waals surface area (Å²) in [6.07, 6.45) is 49.4. The molecule has 0 aromatic heterocycles. The number of esters is 3. The Morgan fingerprint density at radius 3 is 0.881 bits per heavy atom. The van der Waals surface area contributed by atoms with Gasteiger partial charge in [0.2, 0.25) is 0 Å². The van der Waals surface area contributed by atoms with Crippen LogP contribution in [0.3, 0.4) is 0 Å². The molecular weight excluding hydrogens is 733 g/mol. The Balaban J connectivity index is 4.24. The minimum absolute atomic E-state index is 0.0626. The Hall–Kier alpha value is -1.59. The molecule has 0 aliphatic heterocycles. The van der Waals surface area contributed by atoms with Crippen molar-refractivity contribution in [2.75, 3.05) is 13.2 Å². The minimum Gasteiger partial charge on any atom is -0.462 e. The monoisotopic (exact) mass is 835 g/mol. The fourth-order valence-corrected chi connectivity index (χ4v) is 8.01. The van der Waals surface area contributed by atoms with E-state index in [4.69, 9.17) is 14.2 Å². The van der Waals surface area contributed by atoms with Crippen LogP contribution >= 0.6 is 0 Å². The Kier molecular flexibility index (Phi) is 46.2. The summed E-state index contributed by atoms with van der Waals surface area (Å²) in [7, 11) is 0. The number of unbranched alkanes of at least 4 members (excludes halogenated alkanes) is 34. The van der Waals surface area contributed by atoms with E-state index in [-0.39, 0.29) is 31.1 Å². The summed E-state index contributed by atoms with van der Waals surface area (Å²) in [5.74, 6) is 0.0506. The van der Waals surface area contributed by atoms with E-state index >= 15 is 0 Å². The van der Waals surface area contributed by atoms with E-state index in [0.717, 1.165) is 63.7 Å². The first-order valence-electron chi connectivity index (χ1n) is 26.4. The SMILES string of the molecule is CCCCCCCCCCCCCCCCC(=O)O[C@@H](COC(=O)CCCCCCCCCCC)COC(=O)CCCCCCCCCCCCCCCCC(C)CC. The van der Waals surface area contributed by atoms with Gasteiger partial charge < -0.3 is 14.2 Å². The smallest absolute Gasteiger partial charge is 0.306 e. The summed E-state index contributed by atoms with van der Waals surface area (Å²) in [6.45, 7) is 9.06. The maximum Gasteiger partial charge on any atom is 0.306 e. The van der Waals surface area contributed by atoms with Crippen molar-refractivity contribution in [3.8, 4) is 0 Å². The summed E-state index contributed by atoms with van der Waals surface area (Å²) >= 11 is 0. The van der Waals surface area contributed by atoms with Crippen LogP contribution in [0.1, 0.15) is 297 Å². The first kappa shape index (κ1) is 57.4. The first-order chi connectivity index (χ1) is 28.9. The van der Waals surface area contributed by atoms with Gasteiger partial charge in [0.1, 0.15) is 13.2 Å². The fourth-order valence-electron chi connectivity index (χ4n) is 8.01. The lowest BCUT2D eigenvalue weighted by Gasteiger charge is -2.18. The van der Waals surface area contributed by atoms with Gasteiger partial charge in [0.15, 0.2) is 6.10 Å². The molecule has 0 aromatic carbocycles. The molecule has 6 heteroatoms. The first-order valence-corrected chi connectivity index (χ1v) is 26.4. The summed E-state index contributed by atoms with van der Waals surface area (Å²) in [5, 5.41) is 0. The van der Waals surface area contributed by atoms with Gasteiger partial charge >= 0.3 is 17.9 Å². The van der Waals surface area contributed by atoms with Crippen LogP contribution in [0.25, 0.3) is 0 Å². The lowest BCUT2D eigenvalue weighted by molar-refractivity contribution is -0.167. The number of hydrogen-bond acceptors (Lipinski definition) is 6. The van der Waals surface area contributed by atoms with Crippen molar-refractivity contribution >= 4 is 17.9 Å². The zero-order valence-electron chi connectivity index (χ0n) is 40.2. The molecule has 0 amide bonds. The zero-order valence-corrected chi connectivity index (χ0v) is 40.2. The predicted molar refractivity (Wildman–Crippen MR) is 252 cm³/mol. The number of hydrogen-bond donors (Lipinski definition) is 0. The van der Waals surface area contributed by atoms with Crippen LogP contribution in [-0.4, -0.2) is 37.2 Å². The van der Waals surface area contributed by atoms with E-state index < -0.39 is 6.10 Å². The van der Waals surface area contributed by atoms with E-state index in [2.05, 4.69) is 27.7 Å². The topological polar surface area (TPSA) is 78.9 Å². The van der Waals surface area contributed by atoms with Crippen molar-refractivity contribution in [3.63, 3.8) is 0 Å². The molecule has 2 atom stereocenters. The standard InChI is InChI=1S/C53H102O6/c1-5-8-10-12-14-16-17-18-22-26-30-34-38-42-46-53(56)59-50(47-57-51(54)44-40-36-32-27-15-13-11-9-6-2)48-58-52(55)45-41-37-33-29-25-23-20-19-21-24-28-31-35-39-43-49(4)7-3/h49-50H,5-48H2,1-4H3/t49?,50-/m0/s1. The zero-order chi connectivity index (χ0) is 43.1. The largest absolute Gasteiger partial charge is 0.462 e. The second kappa shape index (κ2) is 47.5. The summed E-state index contributed by atoms with van der Waals surface area (Å²) in [6, 6.07) is 0. The second-order valence-corrected chi connectivity index (χ2v) is 18.4. The molecule has 0 aliphatic rings. The highest BCUT2D eigenvalue weighted by molar-refractivity contribution is 5.71.